The fourth-order valence-corrected chi connectivity index (χ4v) is 3.14. The minimum absolute atomic E-state index is 1.04. The van der Waals surface area contributed by atoms with E-state index in [1.165, 1.54) is 75.1 Å². The minimum Gasteiger partial charge on any atom is -0.103 e. The van der Waals surface area contributed by atoms with E-state index < -0.39 is 0 Å². The third kappa shape index (κ3) is 13.4. The monoisotopic (exact) mass is 376 g/mol. The number of unbranched alkanes of at least 4 members (excludes halogenated alkanes) is 10. The standard InChI is InChI=1S/C22H33Br/c23-21-17-12-10-8-6-4-2-1-3-5-7-9-11-14-18-22-19-15-13-16-20-22/h13,15-16,19-20H,1-6,8,10-12,14,17-18,21H2. The van der Waals surface area contributed by atoms with Gasteiger partial charge in [0.15, 0.2) is 0 Å². The molecule has 0 aliphatic heterocycles. The van der Waals surface area contributed by atoms with Crippen LogP contribution in [0.15, 0.2) is 30.3 Å². The van der Waals surface area contributed by atoms with Crippen LogP contribution >= 0.6 is 15.9 Å². The summed E-state index contributed by atoms with van der Waals surface area (Å²) in [5.41, 5.74) is 1.43. The van der Waals surface area contributed by atoms with Crippen LogP contribution in [0.4, 0.5) is 0 Å². The van der Waals surface area contributed by atoms with Gasteiger partial charge in [-0.2, -0.15) is 0 Å². The zero-order valence-corrected chi connectivity index (χ0v) is 16.3. The lowest BCUT2D eigenvalue weighted by atomic mass is 10.1. The Morgan fingerprint density at radius 3 is 1.74 bits per heavy atom. The molecule has 0 saturated heterocycles. The van der Waals surface area contributed by atoms with Gasteiger partial charge in [-0.1, -0.05) is 91.2 Å². The molecule has 1 heteroatoms. The van der Waals surface area contributed by atoms with E-state index in [2.05, 4.69) is 58.1 Å². The third-order valence-corrected chi connectivity index (χ3v) is 4.73. The van der Waals surface area contributed by atoms with Crippen LogP contribution in [0.25, 0.3) is 0 Å². The highest BCUT2D eigenvalue weighted by Gasteiger charge is 1.92. The first kappa shape index (κ1) is 20.3. The van der Waals surface area contributed by atoms with Crippen LogP contribution in [0, 0.1) is 11.8 Å². The summed E-state index contributed by atoms with van der Waals surface area (Å²) in [6.07, 6.45) is 16.9. The lowest BCUT2D eigenvalue weighted by Crippen LogP contribution is -1.83. The average molecular weight is 377 g/mol. The molecule has 0 nitrogen and oxygen atoms in total. The molecule has 0 bridgehead atoms. The van der Waals surface area contributed by atoms with E-state index in [9.17, 15) is 0 Å². The van der Waals surface area contributed by atoms with Crippen molar-refractivity contribution in [2.75, 3.05) is 5.33 Å². The maximum Gasteiger partial charge on any atom is 0.00918 e. The van der Waals surface area contributed by atoms with Crippen molar-refractivity contribution in [1.82, 2.24) is 0 Å². The van der Waals surface area contributed by atoms with Gasteiger partial charge >= 0.3 is 0 Å². The molecular weight excluding hydrogens is 344 g/mol. The van der Waals surface area contributed by atoms with Gasteiger partial charge in [-0.15, -0.1) is 11.8 Å². The first-order valence-corrected chi connectivity index (χ1v) is 10.6. The smallest absolute Gasteiger partial charge is 0.00918 e. The molecule has 0 aliphatic carbocycles. The van der Waals surface area contributed by atoms with Crippen LogP contribution in [0.3, 0.4) is 0 Å². The highest BCUT2D eigenvalue weighted by Crippen LogP contribution is 2.11. The van der Waals surface area contributed by atoms with Gasteiger partial charge in [-0.25, -0.2) is 0 Å². The number of hydrogen-bond donors (Lipinski definition) is 0. The second-order valence-electron chi connectivity index (χ2n) is 6.31. The first-order valence-electron chi connectivity index (χ1n) is 9.49. The second-order valence-corrected chi connectivity index (χ2v) is 7.11. The molecule has 0 amide bonds. The van der Waals surface area contributed by atoms with Crippen LogP contribution in [0.5, 0.6) is 0 Å². The maximum atomic E-state index is 3.49. The molecule has 0 heterocycles. The minimum atomic E-state index is 1.04. The summed E-state index contributed by atoms with van der Waals surface area (Å²) in [4.78, 5) is 0. The zero-order chi connectivity index (χ0) is 16.4. The van der Waals surface area contributed by atoms with Crippen LogP contribution < -0.4 is 0 Å². The molecule has 0 atom stereocenters. The highest BCUT2D eigenvalue weighted by molar-refractivity contribution is 9.09. The van der Waals surface area contributed by atoms with E-state index in [0.29, 0.717) is 0 Å². The Morgan fingerprint density at radius 2 is 1.13 bits per heavy atom. The summed E-state index contributed by atoms with van der Waals surface area (Å²) < 4.78 is 0. The molecule has 0 N–H and O–H groups in total. The summed E-state index contributed by atoms with van der Waals surface area (Å²) in [5, 5.41) is 1.17. The van der Waals surface area contributed by atoms with Crippen molar-refractivity contribution in [2.45, 2.75) is 83.5 Å². The van der Waals surface area contributed by atoms with E-state index >= 15 is 0 Å². The van der Waals surface area contributed by atoms with Crippen molar-refractivity contribution in [3.05, 3.63) is 35.9 Å². The van der Waals surface area contributed by atoms with E-state index in [-0.39, 0.29) is 0 Å². The summed E-state index contributed by atoms with van der Waals surface area (Å²) >= 11 is 3.49. The summed E-state index contributed by atoms with van der Waals surface area (Å²) in [7, 11) is 0. The van der Waals surface area contributed by atoms with E-state index in [1.54, 1.807) is 0 Å². The van der Waals surface area contributed by atoms with Crippen molar-refractivity contribution < 1.29 is 0 Å². The molecule has 1 aromatic carbocycles. The summed E-state index contributed by atoms with van der Waals surface area (Å²) in [5.74, 6) is 6.68. The normalized spacial score (nSPS) is 10.3. The van der Waals surface area contributed by atoms with Gasteiger partial charge in [0.25, 0.3) is 0 Å². The van der Waals surface area contributed by atoms with Crippen LogP contribution in [-0.4, -0.2) is 5.33 Å². The predicted octanol–water partition coefficient (Wildman–Crippen LogP) is 7.31. The molecule has 0 radical (unpaired) electrons. The number of aryl methyl sites for hydroxylation is 1. The Bertz CT molecular complexity index is 413. The van der Waals surface area contributed by atoms with Crippen molar-refractivity contribution in [2.24, 2.45) is 0 Å². The molecular formula is C22H33Br. The fourth-order valence-electron chi connectivity index (χ4n) is 2.75. The first-order chi connectivity index (χ1) is 11.4. The summed E-state index contributed by atoms with van der Waals surface area (Å²) in [6.45, 7) is 0. The second kappa shape index (κ2) is 16.1. The van der Waals surface area contributed by atoms with Gasteiger partial charge in [-0.3, -0.25) is 0 Å². The largest absolute Gasteiger partial charge is 0.103 e. The molecule has 0 unspecified atom stereocenters. The molecule has 0 spiro atoms. The van der Waals surface area contributed by atoms with Gasteiger partial charge in [-0.05, 0) is 31.2 Å². The Balaban J connectivity index is 1.81. The van der Waals surface area contributed by atoms with Crippen molar-refractivity contribution >= 4 is 15.9 Å². The maximum absolute atomic E-state index is 3.49. The fraction of sp³-hybridized carbons (Fsp3) is 0.636. The molecule has 0 aliphatic rings. The molecule has 23 heavy (non-hydrogen) atoms. The average Bonchev–Trinajstić information content (AvgIpc) is 2.59. The van der Waals surface area contributed by atoms with Gasteiger partial charge in [0, 0.05) is 18.2 Å². The number of halogens is 1. The Labute approximate surface area is 152 Å². The van der Waals surface area contributed by atoms with Crippen molar-refractivity contribution in [3.8, 4) is 11.8 Å². The Morgan fingerprint density at radius 1 is 0.609 bits per heavy atom. The predicted molar refractivity (Wildman–Crippen MR) is 107 cm³/mol. The van der Waals surface area contributed by atoms with Gasteiger partial charge in [0.1, 0.15) is 0 Å². The molecule has 128 valence electrons. The Hall–Kier alpha value is -0.740. The van der Waals surface area contributed by atoms with Gasteiger partial charge < -0.3 is 0 Å². The van der Waals surface area contributed by atoms with Crippen LogP contribution in [-0.2, 0) is 6.42 Å². The molecule has 0 aromatic heterocycles. The number of hydrogen-bond acceptors (Lipinski definition) is 0. The van der Waals surface area contributed by atoms with Crippen LogP contribution in [0.1, 0.15) is 82.6 Å². The number of rotatable bonds is 13. The lowest BCUT2D eigenvalue weighted by molar-refractivity contribution is 0.569. The molecule has 1 aromatic rings. The third-order valence-electron chi connectivity index (χ3n) is 4.17. The zero-order valence-electron chi connectivity index (χ0n) is 14.7. The highest BCUT2D eigenvalue weighted by atomic mass is 79.9. The SMILES string of the molecule is BrCCCCCCCCCCCC#CCCCc1ccccc1. The van der Waals surface area contributed by atoms with Gasteiger partial charge in [0.2, 0.25) is 0 Å². The number of alkyl halides is 1. The van der Waals surface area contributed by atoms with Gasteiger partial charge in [0.05, 0.1) is 0 Å². The van der Waals surface area contributed by atoms with E-state index in [1.807, 2.05) is 0 Å². The van der Waals surface area contributed by atoms with E-state index in [4.69, 9.17) is 0 Å². The number of benzene rings is 1. The lowest BCUT2D eigenvalue weighted by Gasteiger charge is -2.00. The molecule has 0 fully saturated rings. The quantitative estimate of drug-likeness (QED) is 0.192. The molecule has 0 saturated carbocycles. The molecule has 1 rings (SSSR count). The topological polar surface area (TPSA) is 0 Å². The van der Waals surface area contributed by atoms with Crippen LogP contribution in [0.2, 0.25) is 0 Å². The summed E-state index contributed by atoms with van der Waals surface area (Å²) in [6, 6.07) is 10.7. The van der Waals surface area contributed by atoms with E-state index in [0.717, 1.165) is 19.3 Å². The van der Waals surface area contributed by atoms with Crippen molar-refractivity contribution in [1.29, 1.82) is 0 Å². The Kier molecular flexibility index (Phi) is 14.2. The van der Waals surface area contributed by atoms with Crippen molar-refractivity contribution in [3.63, 3.8) is 0 Å².